The molecule has 0 aromatic carbocycles. The molecule has 0 fully saturated rings. The van der Waals surface area contributed by atoms with E-state index in [1.54, 1.807) is 13.8 Å². The van der Waals surface area contributed by atoms with Crippen molar-refractivity contribution < 1.29 is 27.5 Å². The van der Waals surface area contributed by atoms with Crippen LogP contribution in [0.3, 0.4) is 0 Å². The quantitative estimate of drug-likeness (QED) is 0.594. The van der Waals surface area contributed by atoms with E-state index in [2.05, 4.69) is 9.72 Å². The second kappa shape index (κ2) is 8.36. The number of carbonyl (C=O) groups is 2. The first-order chi connectivity index (χ1) is 11.1. The van der Waals surface area contributed by atoms with Gasteiger partial charge in [-0.15, -0.1) is 11.8 Å². The highest BCUT2D eigenvalue weighted by molar-refractivity contribution is 8.00. The normalized spacial score (nSPS) is 12.8. The Kier molecular flexibility index (Phi) is 7.07. The number of ether oxygens (including phenoxy) is 1. The third-order valence-electron chi connectivity index (χ3n) is 3.09. The Labute approximate surface area is 141 Å². The number of aromatic nitrogens is 1. The fourth-order valence-electron chi connectivity index (χ4n) is 2.11. The number of carbonyl (C=O) groups excluding carboxylic acids is 2. The van der Waals surface area contributed by atoms with Crippen molar-refractivity contribution >= 4 is 23.5 Å². The fourth-order valence-corrected chi connectivity index (χ4v) is 2.99. The smallest absolute Gasteiger partial charge is 0.401 e. The Morgan fingerprint density at radius 2 is 1.96 bits per heavy atom. The van der Waals surface area contributed by atoms with E-state index in [-0.39, 0.29) is 23.9 Å². The standard InChI is InChI=1S/C15H18F3NO4S/c1-4-23-12(21)7-24-11(15(16,17)18)6-10(20)13-8(2)5-9(3)19-14(13)22/h5,11H,4,6-7H2,1-3H3,(H,19,22). The predicted molar refractivity (Wildman–Crippen MR) is 84.4 cm³/mol. The lowest BCUT2D eigenvalue weighted by molar-refractivity contribution is -0.140. The molecule has 0 saturated carbocycles. The number of ketones is 1. The van der Waals surface area contributed by atoms with Crippen LogP contribution >= 0.6 is 11.8 Å². The van der Waals surface area contributed by atoms with Gasteiger partial charge < -0.3 is 9.72 Å². The average Bonchev–Trinajstić information content (AvgIpc) is 2.41. The molecule has 9 heteroatoms. The molecule has 0 spiro atoms. The lowest BCUT2D eigenvalue weighted by Crippen LogP contribution is -2.32. The highest BCUT2D eigenvalue weighted by atomic mass is 32.2. The second-order valence-corrected chi connectivity index (χ2v) is 6.30. The van der Waals surface area contributed by atoms with Crippen molar-refractivity contribution in [3.05, 3.63) is 33.2 Å². The summed E-state index contributed by atoms with van der Waals surface area (Å²) in [5.41, 5.74) is -0.170. The Bertz CT molecular complexity index is 670. The topological polar surface area (TPSA) is 76.2 Å². The third kappa shape index (κ3) is 5.70. The molecule has 1 atom stereocenters. The van der Waals surface area contributed by atoms with Crippen molar-refractivity contribution in [1.29, 1.82) is 0 Å². The van der Waals surface area contributed by atoms with Crippen LogP contribution in [0, 0.1) is 13.8 Å². The molecule has 1 rings (SSSR count). The SMILES string of the molecule is CCOC(=O)CSC(CC(=O)c1c(C)cc(C)[nH]c1=O)C(F)(F)F. The Morgan fingerprint density at radius 1 is 1.33 bits per heavy atom. The van der Waals surface area contributed by atoms with Crippen molar-refractivity contribution in [2.24, 2.45) is 0 Å². The van der Waals surface area contributed by atoms with E-state index in [0.29, 0.717) is 11.3 Å². The number of esters is 1. The first-order valence-corrected chi connectivity index (χ1v) is 8.18. The molecule has 134 valence electrons. The van der Waals surface area contributed by atoms with E-state index in [1.807, 2.05) is 0 Å². The summed E-state index contributed by atoms with van der Waals surface area (Å²) >= 11 is 0.282. The van der Waals surface area contributed by atoms with Crippen molar-refractivity contribution in [3.63, 3.8) is 0 Å². The zero-order chi connectivity index (χ0) is 18.5. The van der Waals surface area contributed by atoms with Crippen LogP contribution in [0.15, 0.2) is 10.9 Å². The van der Waals surface area contributed by atoms with Crippen LogP contribution in [0.1, 0.15) is 35.0 Å². The van der Waals surface area contributed by atoms with Crippen molar-refractivity contribution in [2.45, 2.75) is 38.6 Å². The molecule has 1 aromatic heterocycles. The number of H-pyrrole nitrogens is 1. The highest BCUT2D eigenvalue weighted by Gasteiger charge is 2.42. The summed E-state index contributed by atoms with van der Waals surface area (Å²) in [4.78, 5) is 37.6. The van der Waals surface area contributed by atoms with Gasteiger partial charge in [0.05, 0.1) is 17.9 Å². The molecule has 1 unspecified atom stereocenters. The molecule has 24 heavy (non-hydrogen) atoms. The maximum atomic E-state index is 13.1. The molecule has 0 saturated heterocycles. The van der Waals surface area contributed by atoms with Crippen molar-refractivity contribution in [2.75, 3.05) is 12.4 Å². The monoisotopic (exact) mass is 365 g/mol. The van der Waals surface area contributed by atoms with Gasteiger partial charge in [-0.3, -0.25) is 14.4 Å². The summed E-state index contributed by atoms with van der Waals surface area (Å²) in [6.45, 7) is 4.70. The number of nitrogens with one attached hydrogen (secondary N) is 1. The predicted octanol–water partition coefficient (Wildman–Crippen LogP) is 2.79. The van der Waals surface area contributed by atoms with Gasteiger partial charge in [-0.1, -0.05) is 0 Å². The minimum atomic E-state index is -4.68. The minimum absolute atomic E-state index is 0.0624. The number of hydrogen-bond donors (Lipinski definition) is 1. The van der Waals surface area contributed by atoms with Crippen LogP contribution in [-0.2, 0) is 9.53 Å². The van der Waals surface area contributed by atoms with Gasteiger partial charge in [-0.25, -0.2) is 0 Å². The molecule has 1 N–H and O–H groups in total. The lowest BCUT2D eigenvalue weighted by Gasteiger charge is -2.19. The maximum absolute atomic E-state index is 13.1. The van der Waals surface area contributed by atoms with Crippen LogP contribution in [0.2, 0.25) is 0 Å². The number of thioether (sulfide) groups is 1. The van der Waals surface area contributed by atoms with E-state index < -0.39 is 40.9 Å². The van der Waals surface area contributed by atoms with Crippen molar-refractivity contribution in [1.82, 2.24) is 4.98 Å². The number of alkyl halides is 3. The van der Waals surface area contributed by atoms with Gasteiger partial charge in [0, 0.05) is 12.1 Å². The van der Waals surface area contributed by atoms with E-state index in [0.717, 1.165) is 0 Å². The largest absolute Gasteiger partial charge is 0.465 e. The molecule has 0 aliphatic heterocycles. The van der Waals surface area contributed by atoms with Crippen molar-refractivity contribution in [3.8, 4) is 0 Å². The maximum Gasteiger partial charge on any atom is 0.401 e. The van der Waals surface area contributed by atoms with E-state index >= 15 is 0 Å². The second-order valence-electron chi connectivity index (χ2n) is 5.11. The Morgan fingerprint density at radius 3 is 2.46 bits per heavy atom. The summed E-state index contributed by atoms with van der Waals surface area (Å²) in [6, 6.07) is 1.52. The summed E-state index contributed by atoms with van der Waals surface area (Å²) in [7, 11) is 0. The molecule has 0 amide bonds. The fraction of sp³-hybridized carbons (Fsp3) is 0.533. The molecule has 0 aliphatic rings. The molecule has 5 nitrogen and oxygen atoms in total. The van der Waals surface area contributed by atoms with Gasteiger partial charge in [0.1, 0.15) is 5.25 Å². The number of aryl methyl sites for hydroxylation is 2. The summed E-state index contributed by atoms with van der Waals surface area (Å²) in [6.07, 6.45) is -5.60. The van der Waals surface area contributed by atoms with Gasteiger partial charge in [0.25, 0.3) is 5.56 Å². The van der Waals surface area contributed by atoms with E-state index in [9.17, 15) is 27.6 Å². The highest BCUT2D eigenvalue weighted by Crippen LogP contribution is 2.33. The first-order valence-electron chi connectivity index (χ1n) is 7.13. The van der Waals surface area contributed by atoms with Gasteiger partial charge in [0.15, 0.2) is 5.78 Å². The van der Waals surface area contributed by atoms with E-state index in [4.69, 9.17) is 0 Å². The first kappa shape index (κ1) is 20.3. The number of pyridine rings is 1. The van der Waals surface area contributed by atoms with Crippen LogP contribution in [0.5, 0.6) is 0 Å². The van der Waals surface area contributed by atoms with Gasteiger partial charge in [-0.05, 0) is 32.4 Å². The Hall–Kier alpha value is -1.77. The number of Topliss-reactive ketones (excluding diaryl/α,β-unsaturated/α-hetero) is 1. The number of rotatable bonds is 7. The minimum Gasteiger partial charge on any atom is -0.465 e. The molecule has 0 bridgehead atoms. The summed E-state index contributed by atoms with van der Waals surface area (Å²) < 4.78 is 43.8. The molecule has 0 radical (unpaired) electrons. The van der Waals surface area contributed by atoms with Crippen LogP contribution in [0.4, 0.5) is 13.2 Å². The van der Waals surface area contributed by atoms with Crippen LogP contribution < -0.4 is 5.56 Å². The summed E-state index contributed by atoms with van der Waals surface area (Å²) in [5, 5.41) is -2.09. The zero-order valence-electron chi connectivity index (χ0n) is 13.5. The number of halogens is 3. The lowest BCUT2D eigenvalue weighted by atomic mass is 10.0. The Balaban J connectivity index is 2.93. The van der Waals surface area contributed by atoms with Crippen LogP contribution in [0.25, 0.3) is 0 Å². The average molecular weight is 365 g/mol. The van der Waals surface area contributed by atoms with Gasteiger partial charge in [-0.2, -0.15) is 13.2 Å². The summed E-state index contributed by atoms with van der Waals surface area (Å²) in [5.74, 6) is -2.21. The third-order valence-corrected chi connectivity index (χ3v) is 4.33. The van der Waals surface area contributed by atoms with Crippen LogP contribution in [-0.4, -0.2) is 40.5 Å². The van der Waals surface area contributed by atoms with Gasteiger partial charge in [0.2, 0.25) is 0 Å². The molecular weight excluding hydrogens is 347 g/mol. The van der Waals surface area contributed by atoms with Gasteiger partial charge >= 0.3 is 12.1 Å². The molecule has 0 aliphatic carbocycles. The molecule has 1 heterocycles. The zero-order valence-corrected chi connectivity index (χ0v) is 14.3. The number of aromatic amines is 1. The number of hydrogen-bond acceptors (Lipinski definition) is 5. The van der Waals surface area contributed by atoms with E-state index in [1.165, 1.54) is 13.0 Å². The molecule has 1 aromatic rings. The molecular formula is C15H18F3NO4S.